The van der Waals surface area contributed by atoms with Gasteiger partial charge in [-0.25, -0.2) is 0 Å². The van der Waals surface area contributed by atoms with Gasteiger partial charge in [-0.05, 0) is 38.5 Å². The van der Waals surface area contributed by atoms with E-state index in [0.717, 1.165) is 11.3 Å². The minimum atomic E-state index is -0.687. The molecule has 2 rings (SSSR count). The van der Waals surface area contributed by atoms with Crippen LogP contribution in [0, 0.1) is 5.41 Å². The molecule has 0 fully saturated rings. The molecule has 116 valence electrons. The fraction of sp³-hybridized carbons (Fsp3) is 0.316. The summed E-state index contributed by atoms with van der Waals surface area (Å²) in [6, 6.07) is 19.7. The Morgan fingerprint density at radius 1 is 1.05 bits per heavy atom. The number of anilines is 1. The van der Waals surface area contributed by atoms with E-state index >= 15 is 0 Å². The van der Waals surface area contributed by atoms with Crippen LogP contribution in [0.3, 0.4) is 0 Å². The van der Waals surface area contributed by atoms with Gasteiger partial charge in [0, 0.05) is 5.69 Å². The Balaban J connectivity index is 2.35. The molecule has 0 bridgehead atoms. The van der Waals surface area contributed by atoms with E-state index < -0.39 is 5.41 Å². The molecule has 0 heterocycles. The molecule has 0 amide bonds. The van der Waals surface area contributed by atoms with Crippen LogP contribution in [0.4, 0.5) is 5.69 Å². The van der Waals surface area contributed by atoms with Gasteiger partial charge in [0.2, 0.25) is 0 Å². The molecule has 1 unspecified atom stereocenters. The van der Waals surface area contributed by atoms with Crippen molar-refractivity contribution in [1.82, 2.24) is 0 Å². The molecule has 0 aliphatic rings. The Kier molecular flexibility index (Phi) is 5.21. The Morgan fingerprint density at radius 3 is 2.14 bits per heavy atom. The second kappa shape index (κ2) is 7.12. The zero-order chi connectivity index (χ0) is 16.0. The van der Waals surface area contributed by atoms with Crippen molar-refractivity contribution in [3.8, 4) is 0 Å². The highest BCUT2D eigenvalue weighted by molar-refractivity contribution is 5.78. The first-order valence-electron chi connectivity index (χ1n) is 7.59. The van der Waals surface area contributed by atoms with Crippen molar-refractivity contribution in [3.05, 3.63) is 66.2 Å². The van der Waals surface area contributed by atoms with Gasteiger partial charge < -0.3 is 10.1 Å². The number of benzene rings is 2. The minimum Gasteiger partial charge on any atom is -0.466 e. The van der Waals surface area contributed by atoms with Crippen molar-refractivity contribution in [2.24, 2.45) is 5.41 Å². The monoisotopic (exact) mass is 297 g/mol. The summed E-state index contributed by atoms with van der Waals surface area (Å²) in [5.41, 5.74) is 1.35. The van der Waals surface area contributed by atoms with E-state index in [1.807, 2.05) is 81.4 Å². The third kappa shape index (κ3) is 3.67. The number of ether oxygens (including phenoxy) is 1. The lowest BCUT2D eigenvalue weighted by molar-refractivity contribution is -0.154. The molecular weight excluding hydrogens is 274 g/mol. The zero-order valence-electron chi connectivity index (χ0n) is 13.4. The Hall–Kier alpha value is -2.29. The van der Waals surface area contributed by atoms with Crippen LogP contribution in [-0.4, -0.2) is 12.6 Å². The summed E-state index contributed by atoms with van der Waals surface area (Å²) in [5, 5.41) is 3.47. The Labute approximate surface area is 132 Å². The first-order valence-corrected chi connectivity index (χ1v) is 7.59. The van der Waals surface area contributed by atoms with Crippen molar-refractivity contribution in [1.29, 1.82) is 0 Å². The molecule has 3 heteroatoms. The van der Waals surface area contributed by atoms with E-state index in [-0.39, 0.29) is 12.0 Å². The molecule has 0 radical (unpaired) electrons. The number of hydrogen-bond donors (Lipinski definition) is 1. The van der Waals surface area contributed by atoms with E-state index in [2.05, 4.69) is 5.32 Å². The minimum absolute atomic E-state index is 0.171. The number of carbonyl (C=O) groups is 1. The van der Waals surface area contributed by atoms with Crippen molar-refractivity contribution in [2.75, 3.05) is 11.9 Å². The SMILES string of the molecule is CCOC(=O)C(C)(C)C(Nc1ccccc1)c1ccccc1. The van der Waals surface area contributed by atoms with Gasteiger partial charge in [-0.1, -0.05) is 48.5 Å². The molecule has 3 nitrogen and oxygen atoms in total. The van der Waals surface area contributed by atoms with Crippen LogP contribution in [0.1, 0.15) is 32.4 Å². The van der Waals surface area contributed by atoms with Crippen LogP contribution >= 0.6 is 0 Å². The van der Waals surface area contributed by atoms with E-state index in [0.29, 0.717) is 6.61 Å². The van der Waals surface area contributed by atoms with Crippen LogP contribution < -0.4 is 5.32 Å². The standard InChI is InChI=1S/C19H23NO2/c1-4-22-18(21)19(2,3)17(15-11-7-5-8-12-15)20-16-13-9-6-10-14-16/h5-14,17,20H,4H2,1-3H3. The van der Waals surface area contributed by atoms with Crippen LogP contribution in [-0.2, 0) is 9.53 Å². The molecule has 0 aliphatic heterocycles. The van der Waals surface area contributed by atoms with Crippen LogP contribution in [0.15, 0.2) is 60.7 Å². The van der Waals surface area contributed by atoms with Gasteiger partial charge in [-0.15, -0.1) is 0 Å². The van der Waals surface area contributed by atoms with Crippen LogP contribution in [0.2, 0.25) is 0 Å². The Bertz CT molecular complexity index is 593. The van der Waals surface area contributed by atoms with E-state index in [1.165, 1.54) is 0 Å². The maximum absolute atomic E-state index is 12.4. The highest BCUT2D eigenvalue weighted by Gasteiger charge is 2.39. The highest BCUT2D eigenvalue weighted by Crippen LogP contribution is 2.37. The molecule has 2 aromatic carbocycles. The summed E-state index contributed by atoms with van der Waals surface area (Å²) >= 11 is 0. The highest BCUT2D eigenvalue weighted by atomic mass is 16.5. The summed E-state index contributed by atoms with van der Waals surface area (Å²) in [7, 11) is 0. The fourth-order valence-electron chi connectivity index (χ4n) is 2.46. The summed E-state index contributed by atoms with van der Waals surface area (Å²) in [4.78, 5) is 12.4. The smallest absolute Gasteiger partial charge is 0.313 e. The number of nitrogens with one attached hydrogen (secondary N) is 1. The Morgan fingerprint density at radius 2 is 1.59 bits per heavy atom. The molecular formula is C19H23NO2. The number of esters is 1. The van der Waals surface area contributed by atoms with E-state index in [9.17, 15) is 4.79 Å². The normalized spacial score (nSPS) is 12.5. The van der Waals surface area contributed by atoms with E-state index in [1.54, 1.807) is 0 Å². The predicted octanol–water partition coefficient (Wildman–Crippen LogP) is 4.43. The van der Waals surface area contributed by atoms with Crippen LogP contribution in [0.25, 0.3) is 0 Å². The topological polar surface area (TPSA) is 38.3 Å². The van der Waals surface area contributed by atoms with Crippen molar-refractivity contribution in [2.45, 2.75) is 26.8 Å². The van der Waals surface area contributed by atoms with Gasteiger partial charge in [-0.2, -0.15) is 0 Å². The van der Waals surface area contributed by atoms with Crippen molar-refractivity contribution in [3.63, 3.8) is 0 Å². The third-order valence-electron chi connectivity index (χ3n) is 3.74. The molecule has 0 aromatic heterocycles. The lowest BCUT2D eigenvalue weighted by Gasteiger charge is -2.34. The van der Waals surface area contributed by atoms with Gasteiger partial charge in [0.25, 0.3) is 0 Å². The second-order valence-electron chi connectivity index (χ2n) is 5.80. The number of hydrogen-bond acceptors (Lipinski definition) is 3. The number of rotatable bonds is 6. The quantitative estimate of drug-likeness (QED) is 0.802. The lowest BCUT2D eigenvalue weighted by atomic mass is 9.80. The first kappa shape index (κ1) is 16.1. The summed E-state index contributed by atoms with van der Waals surface area (Å²) in [5.74, 6) is -0.202. The van der Waals surface area contributed by atoms with Gasteiger partial charge >= 0.3 is 5.97 Å². The largest absolute Gasteiger partial charge is 0.466 e. The maximum Gasteiger partial charge on any atom is 0.313 e. The predicted molar refractivity (Wildman–Crippen MR) is 89.7 cm³/mol. The molecule has 0 aliphatic carbocycles. The number of para-hydroxylation sites is 1. The molecule has 0 spiro atoms. The summed E-state index contributed by atoms with van der Waals surface area (Å²) in [6.07, 6.45) is 0. The first-order chi connectivity index (χ1) is 10.6. The second-order valence-corrected chi connectivity index (χ2v) is 5.80. The van der Waals surface area contributed by atoms with Crippen molar-refractivity contribution < 1.29 is 9.53 Å². The van der Waals surface area contributed by atoms with Gasteiger partial charge in [-0.3, -0.25) is 4.79 Å². The van der Waals surface area contributed by atoms with E-state index in [4.69, 9.17) is 4.74 Å². The summed E-state index contributed by atoms with van der Waals surface area (Å²) in [6.45, 7) is 6.04. The molecule has 1 atom stereocenters. The van der Waals surface area contributed by atoms with Gasteiger partial charge in [0.1, 0.15) is 0 Å². The third-order valence-corrected chi connectivity index (χ3v) is 3.74. The molecule has 1 N–H and O–H groups in total. The molecule has 22 heavy (non-hydrogen) atoms. The van der Waals surface area contributed by atoms with Gasteiger partial charge in [0.15, 0.2) is 0 Å². The molecule has 0 saturated heterocycles. The molecule has 2 aromatic rings. The fourth-order valence-corrected chi connectivity index (χ4v) is 2.46. The average Bonchev–Trinajstić information content (AvgIpc) is 2.54. The van der Waals surface area contributed by atoms with Gasteiger partial charge in [0.05, 0.1) is 18.1 Å². The molecule has 0 saturated carbocycles. The van der Waals surface area contributed by atoms with Crippen LogP contribution in [0.5, 0.6) is 0 Å². The van der Waals surface area contributed by atoms with Crippen molar-refractivity contribution >= 4 is 11.7 Å². The lowest BCUT2D eigenvalue weighted by Crippen LogP contribution is -2.37. The maximum atomic E-state index is 12.4. The average molecular weight is 297 g/mol. The number of carbonyl (C=O) groups excluding carboxylic acids is 1. The summed E-state index contributed by atoms with van der Waals surface area (Å²) < 4.78 is 5.27. The zero-order valence-corrected chi connectivity index (χ0v) is 13.4.